The van der Waals surface area contributed by atoms with Crippen molar-refractivity contribution in [2.24, 2.45) is 5.14 Å². The predicted molar refractivity (Wildman–Crippen MR) is 124 cm³/mol. The van der Waals surface area contributed by atoms with E-state index in [1.165, 1.54) is 24.3 Å². The molecule has 0 spiro atoms. The number of nitrogens with one attached hydrogen (secondary N) is 2. The number of rotatable bonds is 7. The Morgan fingerprint density at radius 3 is 2.44 bits per heavy atom. The van der Waals surface area contributed by atoms with Gasteiger partial charge in [-0.05, 0) is 68.0 Å². The van der Waals surface area contributed by atoms with Gasteiger partial charge in [-0.25, -0.2) is 31.1 Å². The fraction of sp³-hybridized carbons (Fsp3) is 0.429. The topological polar surface area (TPSA) is 118 Å². The zero-order valence-electron chi connectivity index (χ0n) is 17.5. The maximum Gasteiger partial charge on any atom is 0.242 e. The smallest absolute Gasteiger partial charge is 0.242 e. The average molecular weight is 500 g/mol. The van der Waals surface area contributed by atoms with Gasteiger partial charge in [-0.15, -0.1) is 0 Å². The fourth-order valence-corrected chi connectivity index (χ4v) is 7.90. The number of thioether (sulfide) groups is 1. The molecule has 2 saturated heterocycles. The highest BCUT2D eigenvalue weighted by molar-refractivity contribution is 8.00. The van der Waals surface area contributed by atoms with Crippen molar-refractivity contribution in [1.29, 1.82) is 0 Å². The third kappa shape index (κ3) is 5.12. The summed E-state index contributed by atoms with van der Waals surface area (Å²) < 4.78 is 66.4. The van der Waals surface area contributed by atoms with E-state index in [0.717, 1.165) is 31.7 Å². The zero-order valence-corrected chi connectivity index (χ0v) is 20.0. The van der Waals surface area contributed by atoms with Crippen LogP contribution in [0.4, 0.5) is 10.1 Å². The summed E-state index contributed by atoms with van der Waals surface area (Å²) >= 11 is 1.99. The van der Waals surface area contributed by atoms with Crippen molar-refractivity contribution in [3.63, 3.8) is 0 Å². The maximum absolute atomic E-state index is 13.8. The van der Waals surface area contributed by atoms with Crippen molar-refractivity contribution in [3.05, 3.63) is 53.3 Å². The van der Waals surface area contributed by atoms with Crippen molar-refractivity contribution in [1.82, 2.24) is 4.72 Å². The molecule has 2 unspecified atom stereocenters. The Labute approximate surface area is 192 Å². The molecule has 4 N–H and O–H groups in total. The van der Waals surface area contributed by atoms with E-state index in [9.17, 15) is 21.2 Å². The normalized spacial score (nSPS) is 23.3. The summed E-state index contributed by atoms with van der Waals surface area (Å²) in [6.45, 7) is 1.44. The van der Waals surface area contributed by atoms with E-state index in [-0.39, 0.29) is 22.4 Å². The molecule has 2 aliphatic heterocycles. The molecular weight excluding hydrogens is 473 g/mol. The lowest BCUT2D eigenvalue weighted by Gasteiger charge is -2.29. The number of hydrogen-bond acceptors (Lipinski definition) is 6. The molecule has 2 bridgehead atoms. The Morgan fingerprint density at radius 1 is 1.09 bits per heavy atom. The predicted octanol–water partition coefficient (Wildman–Crippen LogP) is 3.10. The van der Waals surface area contributed by atoms with Gasteiger partial charge in [0.1, 0.15) is 10.7 Å². The van der Waals surface area contributed by atoms with Gasteiger partial charge in [-0.1, -0.05) is 12.1 Å². The van der Waals surface area contributed by atoms with Crippen LogP contribution in [0.25, 0.3) is 0 Å². The number of benzene rings is 2. The van der Waals surface area contributed by atoms with Crippen LogP contribution in [-0.4, -0.2) is 33.4 Å². The molecule has 2 aromatic rings. The summed E-state index contributed by atoms with van der Waals surface area (Å²) in [7, 11) is -8.22. The minimum Gasteiger partial charge on any atom is -0.381 e. The van der Waals surface area contributed by atoms with E-state index in [1.807, 2.05) is 11.8 Å². The van der Waals surface area contributed by atoms with Gasteiger partial charge in [0.25, 0.3) is 0 Å². The SMILES string of the molecule is Cc1c(F)cccc1CNS(=O)(=O)c1cc(S(N)(=O)=O)ccc1NC1CC2CCC(C1)S2. The quantitative estimate of drug-likeness (QED) is 0.539. The van der Waals surface area contributed by atoms with Crippen LogP contribution in [0.5, 0.6) is 0 Å². The van der Waals surface area contributed by atoms with E-state index in [0.29, 0.717) is 27.3 Å². The number of nitrogens with two attached hydrogens (primary N) is 1. The number of anilines is 1. The molecule has 0 aliphatic carbocycles. The fourth-order valence-electron chi connectivity index (χ4n) is 4.31. The third-order valence-electron chi connectivity index (χ3n) is 6.05. The van der Waals surface area contributed by atoms with Gasteiger partial charge in [0.2, 0.25) is 20.0 Å². The van der Waals surface area contributed by atoms with Crippen LogP contribution in [-0.2, 0) is 26.6 Å². The molecular formula is C21H26FN3O4S3. The molecule has 0 saturated carbocycles. The number of primary sulfonamides is 1. The number of hydrogen-bond donors (Lipinski definition) is 3. The van der Waals surface area contributed by atoms with Crippen molar-refractivity contribution in [3.8, 4) is 0 Å². The van der Waals surface area contributed by atoms with Gasteiger partial charge in [-0.2, -0.15) is 11.8 Å². The molecule has 2 aromatic carbocycles. The minimum absolute atomic E-state index is 0.105. The Bertz CT molecular complexity index is 1220. The first kappa shape index (κ1) is 23.5. The zero-order chi connectivity index (χ0) is 23.1. The van der Waals surface area contributed by atoms with E-state index < -0.39 is 25.9 Å². The van der Waals surface area contributed by atoms with Gasteiger partial charge >= 0.3 is 0 Å². The van der Waals surface area contributed by atoms with E-state index in [2.05, 4.69) is 10.0 Å². The first-order valence-electron chi connectivity index (χ1n) is 10.4. The summed E-state index contributed by atoms with van der Waals surface area (Å²) in [6, 6.07) is 8.39. The standard InChI is InChI=1S/C21H26FN3O4S3/c1-13-14(3-2-4-19(13)22)12-24-32(28,29)21-11-18(31(23,26)27)7-8-20(21)25-15-9-16-5-6-17(10-15)30-16/h2-4,7-8,11,15-17,24-25H,5-6,9-10,12H2,1H3,(H2,23,26,27). The number of sulfonamides is 2. The van der Waals surface area contributed by atoms with Gasteiger partial charge in [0, 0.05) is 23.1 Å². The Hall–Kier alpha value is -1.66. The van der Waals surface area contributed by atoms with Crippen molar-refractivity contribution in [2.75, 3.05) is 5.32 Å². The first-order valence-corrected chi connectivity index (χ1v) is 14.3. The van der Waals surface area contributed by atoms with Crippen LogP contribution in [0.15, 0.2) is 46.2 Å². The first-order chi connectivity index (χ1) is 15.0. The molecule has 32 heavy (non-hydrogen) atoms. The summed E-state index contributed by atoms with van der Waals surface area (Å²) in [5.74, 6) is -0.426. The molecule has 2 heterocycles. The van der Waals surface area contributed by atoms with Crippen LogP contribution >= 0.6 is 11.8 Å². The van der Waals surface area contributed by atoms with Gasteiger partial charge in [0.05, 0.1) is 10.6 Å². The van der Waals surface area contributed by atoms with Crippen LogP contribution in [0.2, 0.25) is 0 Å². The Morgan fingerprint density at radius 2 is 1.78 bits per heavy atom. The molecule has 11 heteroatoms. The second-order valence-electron chi connectivity index (χ2n) is 8.32. The Kier molecular flexibility index (Phi) is 6.56. The lowest BCUT2D eigenvalue weighted by molar-refractivity contribution is 0.577. The molecule has 2 aliphatic rings. The molecule has 174 valence electrons. The average Bonchev–Trinajstić information content (AvgIpc) is 3.06. The lowest BCUT2D eigenvalue weighted by Crippen LogP contribution is -2.31. The van der Waals surface area contributed by atoms with Crippen LogP contribution in [0.1, 0.15) is 36.8 Å². The summed E-state index contributed by atoms with van der Waals surface area (Å²) in [4.78, 5) is -0.478. The molecule has 2 fully saturated rings. The second-order valence-corrected chi connectivity index (χ2v) is 13.2. The third-order valence-corrected chi connectivity index (χ3v) is 10.0. The van der Waals surface area contributed by atoms with Crippen molar-refractivity contribution < 1.29 is 21.2 Å². The van der Waals surface area contributed by atoms with Gasteiger partial charge < -0.3 is 5.32 Å². The second kappa shape index (κ2) is 8.94. The van der Waals surface area contributed by atoms with Crippen LogP contribution in [0.3, 0.4) is 0 Å². The molecule has 4 rings (SSSR count). The molecule has 7 nitrogen and oxygen atoms in total. The molecule has 0 aromatic heterocycles. The highest BCUT2D eigenvalue weighted by atomic mass is 32.2. The van der Waals surface area contributed by atoms with E-state index in [4.69, 9.17) is 5.14 Å². The van der Waals surface area contributed by atoms with Crippen LogP contribution < -0.4 is 15.2 Å². The largest absolute Gasteiger partial charge is 0.381 e. The summed E-state index contributed by atoms with van der Waals surface area (Å²) in [5, 5.41) is 9.69. The number of fused-ring (bicyclic) bond motifs is 2. The molecule has 2 atom stereocenters. The monoisotopic (exact) mass is 499 g/mol. The maximum atomic E-state index is 13.8. The minimum atomic E-state index is -4.12. The Balaban J connectivity index is 1.64. The van der Waals surface area contributed by atoms with E-state index in [1.54, 1.807) is 13.0 Å². The van der Waals surface area contributed by atoms with Crippen LogP contribution in [0, 0.1) is 12.7 Å². The number of halogens is 1. The molecule has 0 amide bonds. The van der Waals surface area contributed by atoms with E-state index >= 15 is 0 Å². The molecule has 0 radical (unpaired) electrons. The summed E-state index contributed by atoms with van der Waals surface area (Å²) in [6.07, 6.45) is 4.18. The highest BCUT2D eigenvalue weighted by Crippen LogP contribution is 2.44. The lowest BCUT2D eigenvalue weighted by atomic mass is 10.1. The highest BCUT2D eigenvalue weighted by Gasteiger charge is 2.35. The summed E-state index contributed by atoms with van der Waals surface area (Å²) in [5.41, 5.74) is 1.17. The van der Waals surface area contributed by atoms with Gasteiger partial charge in [-0.3, -0.25) is 0 Å². The van der Waals surface area contributed by atoms with Gasteiger partial charge in [0.15, 0.2) is 0 Å². The van der Waals surface area contributed by atoms with Crippen molar-refractivity contribution in [2.45, 2.75) is 65.5 Å². The van der Waals surface area contributed by atoms with Crippen molar-refractivity contribution >= 4 is 37.5 Å².